The van der Waals surface area contributed by atoms with E-state index in [1.54, 1.807) is 4.90 Å². The number of halogens is 4. The molecule has 174 valence electrons. The van der Waals surface area contributed by atoms with Crippen molar-refractivity contribution >= 4 is 17.4 Å². The molecule has 1 N–H and O–H groups in total. The van der Waals surface area contributed by atoms with Gasteiger partial charge >= 0.3 is 6.18 Å². The van der Waals surface area contributed by atoms with Crippen molar-refractivity contribution in [3.8, 4) is 0 Å². The molecule has 5 unspecified atom stereocenters. The van der Waals surface area contributed by atoms with Gasteiger partial charge in [0.1, 0.15) is 6.04 Å². The van der Waals surface area contributed by atoms with Crippen molar-refractivity contribution in [2.24, 2.45) is 10.9 Å². The maximum atomic E-state index is 14.3. The van der Waals surface area contributed by atoms with Gasteiger partial charge in [-0.25, -0.2) is 9.37 Å². The fraction of sp³-hybridized carbons (Fsp3) is 0.476. The molecule has 3 aliphatic rings. The Labute approximate surface area is 186 Å². The van der Waals surface area contributed by atoms with Gasteiger partial charge in [0.25, 0.3) is 0 Å². The summed E-state index contributed by atoms with van der Waals surface area (Å²) in [6.07, 6.45) is 4.06. The number of carbonyl (C=O) groups is 1. The Morgan fingerprint density at radius 1 is 1.21 bits per heavy atom. The lowest BCUT2D eigenvalue weighted by molar-refractivity contribution is -0.138. The first-order valence-electron chi connectivity index (χ1n) is 10.6. The maximum absolute atomic E-state index is 14.3. The van der Waals surface area contributed by atoms with Crippen molar-refractivity contribution in [1.29, 1.82) is 0 Å². The van der Waals surface area contributed by atoms with Crippen molar-refractivity contribution in [3.05, 3.63) is 48.2 Å². The van der Waals surface area contributed by atoms with E-state index in [1.165, 1.54) is 17.2 Å². The maximum Gasteiger partial charge on any atom is 0.417 e. The molecule has 5 atom stereocenters. The number of fused-ring (bicyclic) bond motifs is 2. The summed E-state index contributed by atoms with van der Waals surface area (Å²) in [5.74, 6) is -1.30. The second kappa shape index (κ2) is 7.92. The summed E-state index contributed by atoms with van der Waals surface area (Å²) in [5.41, 5.74) is -0.432. The van der Waals surface area contributed by atoms with Crippen LogP contribution in [0.5, 0.6) is 0 Å². The van der Waals surface area contributed by atoms with Gasteiger partial charge in [0.15, 0.2) is 17.7 Å². The van der Waals surface area contributed by atoms with E-state index in [4.69, 9.17) is 0 Å². The van der Waals surface area contributed by atoms with Crippen LogP contribution in [0.3, 0.4) is 0 Å². The summed E-state index contributed by atoms with van der Waals surface area (Å²) in [6, 6.07) is -1.33. The van der Waals surface area contributed by atoms with Gasteiger partial charge in [0.05, 0.1) is 24.0 Å². The predicted molar refractivity (Wildman–Crippen MR) is 110 cm³/mol. The normalized spacial score (nSPS) is 28.8. The topological polar surface area (TPSA) is 88.3 Å². The number of allylic oxidation sites excluding steroid dienone is 1. The standard InChI is InChI=1S/C21H21F4N7O/c1-11-2-3-16(32-27-4-5-28-32)18(29-11)20(33)31-10-12-6-15(17(31)7-12)30-19-14(22)8-13(9-26-19)21(23,24)25/h2-5,8-9,12,15-18H,6-7,10H2,1H3,(H,26,30). The fourth-order valence-corrected chi connectivity index (χ4v) is 4.94. The van der Waals surface area contributed by atoms with Gasteiger partial charge in [0.2, 0.25) is 5.91 Å². The Kier molecular flexibility index (Phi) is 5.17. The number of likely N-dealkylation sites (tertiary alicyclic amines) is 1. The van der Waals surface area contributed by atoms with Gasteiger partial charge in [0, 0.05) is 24.5 Å². The summed E-state index contributed by atoms with van der Waals surface area (Å²) in [4.78, 5) is 24.9. The number of amides is 1. The predicted octanol–water partition coefficient (Wildman–Crippen LogP) is 2.87. The third-order valence-electron chi connectivity index (χ3n) is 6.41. The van der Waals surface area contributed by atoms with Crippen LogP contribution in [0.4, 0.5) is 23.4 Å². The molecular weight excluding hydrogens is 442 g/mol. The lowest BCUT2D eigenvalue weighted by Gasteiger charge is -2.36. The van der Waals surface area contributed by atoms with Gasteiger partial charge < -0.3 is 10.2 Å². The molecule has 1 amide bonds. The number of pyridine rings is 1. The number of carbonyl (C=O) groups excluding carboxylic acids is 1. The monoisotopic (exact) mass is 463 g/mol. The number of piperidine rings is 1. The smallest absolute Gasteiger partial charge is 0.363 e. The average molecular weight is 463 g/mol. The number of aromatic nitrogens is 4. The van der Waals surface area contributed by atoms with Crippen molar-refractivity contribution in [2.75, 3.05) is 11.9 Å². The van der Waals surface area contributed by atoms with Crippen LogP contribution in [0.2, 0.25) is 0 Å². The van der Waals surface area contributed by atoms with Crippen LogP contribution < -0.4 is 5.32 Å². The van der Waals surface area contributed by atoms with Crippen LogP contribution >= 0.6 is 0 Å². The number of hydrogen-bond donors (Lipinski definition) is 1. The summed E-state index contributed by atoms with van der Waals surface area (Å²) in [5, 5.41) is 11.2. The molecule has 1 aliphatic carbocycles. The Hall–Kier alpha value is -3.31. The molecule has 2 aliphatic heterocycles. The number of hydrogen-bond acceptors (Lipinski definition) is 6. The van der Waals surface area contributed by atoms with Gasteiger partial charge in [-0.15, -0.1) is 0 Å². The molecule has 4 heterocycles. The number of dihydropyridines is 1. The highest BCUT2D eigenvalue weighted by atomic mass is 19.4. The van der Waals surface area contributed by atoms with Crippen LogP contribution in [-0.4, -0.2) is 61.2 Å². The first-order valence-corrected chi connectivity index (χ1v) is 10.6. The number of anilines is 1. The molecule has 5 rings (SSSR count). The largest absolute Gasteiger partial charge is 0.417 e. The first-order chi connectivity index (χ1) is 15.7. The summed E-state index contributed by atoms with van der Waals surface area (Å²) < 4.78 is 52.7. The number of nitrogens with one attached hydrogen (secondary N) is 1. The van der Waals surface area contributed by atoms with E-state index in [-0.39, 0.29) is 29.7 Å². The minimum atomic E-state index is -4.67. The van der Waals surface area contributed by atoms with E-state index < -0.39 is 29.6 Å². The molecule has 0 spiro atoms. The van der Waals surface area contributed by atoms with Crippen LogP contribution in [0.25, 0.3) is 0 Å². The Balaban J connectivity index is 1.34. The highest BCUT2D eigenvalue weighted by Gasteiger charge is 2.49. The Bertz CT molecular complexity index is 1110. The number of alkyl halides is 3. The molecule has 8 nitrogen and oxygen atoms in total. The summed E-state index contributed by atoms with van der Waals surface area (Å²) >= 11 is 0. The summed E-state index contributed by atoms with van der Waals surface area (Å²) in [7, 11) is 0. The molecule has 2 fully saturated rings. The number of nitrogens with zero attached hydrogens (tertiary/aromatic N) is 6. The molecule has 1 saturated heterocycles. The lowest BCUT2D eigenvalue weighted by atomic mass is 10.00. The van der Waals surface area contributed by atoms with E-state index in [2.05, 4.69) is 25.5 Å². The van der Waals surface area contributed by atoms with Crippen LogP contribution in [0.1, 0.15) is 31.4 Å². The zero-order valence-corrected chi connectivity index (χ0v) is 17.6. The highest BCUT2D eigenvalue weighted by molar-refractivity contribution is 5.97. The molecule has 2 bridgehead atoms. The Morgan fingerprint density at radius 2 is 1.97 bits per heavy atom. The zero-order valence-electron chi connectivity index (χ0n) is 17.6. The lowest BCUT2D eigenvalue weighted by Crippen LogP contribution is -2.52. The molecule has 33 heavy (non-hydrogen) atoms. The van der Waals surface area contributed by atoms with E-state index in [1.807, 2.05) is 19.1 Å². The van der Waals surface area contributed by atoms with Gasteiger partial charge in [-0.3, -0.25) is 9.79 Å². The molecule has 12 heteroatoms. The first kappa shape index (κ1) is 21.5. The van der Waals surface area contributed by atoms with Crippen LogP contribution in [-0.2, 0) is 11.0 Å². The molecular formula is C21H21F4N7O. The minimum Gasteiger partial charge on any atom is -0.363 e. The van der Waals surface area contributed by atoms with E-state index in [0.717, 1.165) is 6.42 Å². The summed E-state index contributed by atoms with van der Waals surface area (Å²) in [6.45, 7) is 2.36. The van der Waals surface area contributed by atoms with Gasteiger partial charge in [-0.1, -0.05) is 6.08 Å². The third kappa shape index (κ3) is 3.98. The van der Waals surface area contributed by atoms with Crippen molar-refractivity contribution in [1.82, 2.24) is 24.9 Å². The van der Waals surface area contributed by atoms with Crippen molar-refractivity contribution in [3.63, 3.8) is 0 Å². The second-order valence-electron chi connectivity index (χ2n) is 8.61. The minimum absolute atomic E-state index is 0.180. The molecule has 0 radical (unpaired) electrons. The highest BCUT2D eigenvalue weighted by Crippen LogP contribution is 2.41. The van der Waals surface area contributed by atoms with Crippen LogP contribution in [0, 0.1) is 11.7 Å². The fourth-order valence-electron chi connectivity index (χ4n) is 4.94. The van der Waals surface area contributed by atoms with Gasteiger partial charge in [-0.05, 0) is 37.8 Å². The number of aliphatic imine (C=N–C) groups is 1. The van der Waals surface area contributed by atoms with Gasteiger partial charge in [-0.2, -0.15) is 28.2 Å². The second-order valence-corrected chi connectivity index (χ2v) is 8.61. The van der Waals surface area contributed by atoms with Crippen LogP contribution in [0.15, 0.2) is 41.8 Å². The third-order valence-corrected chi connectivity index (χ3v) is 6.41. The average Bonchev–Trinajstić information content (AvgIpc) is 3.51. The molecule has 1 saturated carbocycles. The quantitative estimate of drug-likeness (QED) is 0.705. The molecule has 0 aromatic carbocycles. The molecule has 2 aromatic rings. The van der Waals surface area contributed by atoms with Crippen molar-refractivity contribution in [2.45, 2.75) is 50.1 Å². The van der Waals surface area contributed by atoms with E-state index in [0.29, 0.717) is 30.9 Å². The Morgan fingerprint density at radius 3 is 2.64 bits per heavy atom. The van der Waals surface area contributed by atoms with Crippen molar-refractivity contribution < 1.29 is 22.4 Å². The zero-order chi connectivity index (χ0) is 23.3. The van der Waals surface area contributed by atoms with E-state index >= 15 is 0 Å². The number of rotatable bonds is 4. The van der Waals surface area contributed by atoms with E-state index in [9.17, 15) is 22.4 Å². The molecule has 2 aromatic heterocycles. The SMILES string of the molecule is CC1=NC(C(=O)N2CC3CC(Nc4ncc(C(F)(F)F)cc4F)C2C3)C(n2nccn2)C=C1.